The molecule has 0 radical (unpaired) electrons. The van der Waals surface area contributed by atoms with Crippen molar-refractivity contribution < 1.29 is 9.47 Å². The van der Waals surface area contributed by atoms with Crippen molar-refractivity contribution in [1.82, 2.24) is 0 Å². The number of rotatable bonds is 2. The van der Waals surface area contributed by atoms with Crippen LogP contribution in [-0.2, 0) is 6.61 Å². The van der Waals surface area contributed by atoms with Gasteiger partial charge in [-0.3, -0.25) is 0 Å². The SMILES string of the molecule is COc1c(-c2ccc3cccc4c3c2OC4)ccc2ccccc12. The van der Waals surface area contributed by atoms with Crippen molar-refractivity contribution in [1.29, 1.82) is 0 Å². The third-order valence-electron chi connectivity index (χ3n) is 4.83. The van der Waals surface area contributed by atoms with E-state index in [2.05, 4.69) is 54.6 Å². The third kappa shape index (κ3) is 1.77. The summed E-state index contributed by atoms with van der Waals surface area (Å²) in [6.07, 6.45) is 0. The summed E-state index contributed by atoms with van der Waals surface area (Å²) in [6.45, 7) is 0.638. The Hall–Kier alpha value is -3.00. The van der Waals surface area contributed by atoms with Gasteiger partial charge in [-0.25, -0.2) is 0 Å². The van der Waals surface area contributed by atoms with Crippen LogP contribution in [0.5, 0.6) is 11.5 Å². The quantitative estimate of drug-likeness (QED) is 0.482. The van der Waals surface area contributed by atoms with Gasteiger partial charge < -0.3 is 9.47 Å². The van der Waals surface area contributed by atoms with Gasteiger partial charge in [0.05, 0.1) is 7.11 Å². The summed E-state index contributed by atoms with van der Waals surface area (Å²) in [5.41, 5.74) is 3.42. The molecule has 0 saturated heterocycles. The molecule has 1 aliphatic heterocycles. The molecule has 0 fully saturated rings. The minimum Gasteiger partial charge on any atom is -0.495 e. The summed E-state index contributed by atoms with van der Waals surface area (Å²) in [5.74, 6) is 1.87. The number of fused-ring (bicyclic) bond motifs is 1. The van der Waals surface area contributed by atoms with Gasteiger partial charge in [0.15, 0.2) is 0 Å². The van der Waals surface area contributed by atoms with Crippen molar-refractivity contribution in [3.63, 3.8) is 0 Å². The molecule has 0 aromatic heterocycles. The van der Waals surface area contributed by atoms with Gasteiger partial charge in [0.25, 0.3) is 0 Å². The molecule has 1 aliphatic rings. The standard InChI is InChI=1S/C22H16O2/c1-23-21-17-8-3-2-5-14(17)9-11-18(21)19-12-10-15-6-4-7-16-13-24-22(19)20(15)16/h2-12H,13H2,1H3. The maximum absolute atomic E-state index is 6.06. The zero-order chi connectivity index (χ0) is 16.1. The summed E-state index contributed by atoms with van der Waals surface area (Å²) < 4.78 is 11.8. The Bertz CT molecular complexity index is 1080. The number of hydrogen-bond donors (Lipinski definition) is 0. The second-order valence-electron chi connectivity index (χ2n) is 6.11. The highest BCUT2D eigenvalue weighted by molar-refractivity contribution is 6.02. The van der Waals surface area contributed by atoms with Gasteiger partial charge in [-0.2, -0.15) is 0 Å². The molecule has 0 atom stereocenters. The van der Waals surface area contributed by atoms with Crippen LogP contribution in [-0.4, -0.2) is 7.11 Å². The van der Waals surface area contributed by atoms with Gasteiger partial charge in [0.1, 0.15) is 18.1 Å². The number of benzene rings is 4. The van der Waals surface area contributed by atoms with Crippen molar-refractivity contribution in [3.8, 4) is 22.6 Å². The summed E-state index contributed by atoms with van der Waals surface area (Å²) in [6, 6.07) is 23.2. The molecule has 4 aromatic rings. The first kappa shape index (κ1) is 13.4. The molecule has 24 heavy (non-hydrogen) atoms. The van der Waals surface area contributed by atoms with E-state index in [1.54, 1.807) is 7.11 Å². The van der Waals surface area contributed by atoms with Gasteiger partial charge in [0, 0.05) is 27.5 Å². The Kier molecular flexibility index (Phi) is 2.80. The molecule has 5 rings (SSSR count). The fraction of sp³-hybridized carbons (Fsp3) is 0.0909. The lowest BCUT2D eigenvalue weighted by atomic mass is 9.95. The molecule has 1 heterocycles. The van der Waals surface area contributed by atoms with Crippen molar-refractivity contribution in [2.45, 2.75) is 6.61 Å². The molecule has 0 spiro atoms. The van der Waals surface area contributed by atoms with Crippen molar-refractivity contribution in [2.75, 3.05) is 7.11 Å². The number of methoxy groups -OCH3 is 1. The van der Waals surface area contributed by atoms with Crippen LogP contribution in [0.15, 0.2) is 66.7 Å². The Balaban J connectivity index is 1.85. The molecule has 0 aliphatic carbocycles. The third-order valence-corrected chi connectivity index (χ3v) is 4.83. The molecular weight excluding hydrogens is 296 g/mol. The maximum Gasteiger partial charge on any atom is 0.136 e. The molecule has 0 unspecified atom stereocenters. The lowest BCUT2D eigenvalue weighted by Crippen LogP contribution is -1.92. The lowest BCUT2D eigenvalue weighted by Gasteiger charge is -2.14. The molecule has 0 N–H and O–H groups in total. The Morgan fingerprint density at radius 3 is 2.50 bits per heavy atom. The van der Waals surface area contributed by atoms with E-state index in [4.69, 9.17) is 9.47 Å². The lowest BCUT2D eigenvalue weighted by molar-refractivity contribution is 0.328. The fourth-order valence-electron chi connectivity index (χ4n) is 3.73. The van der Waals surface area contributed by atoms with Crippen LogP contribution in [0, 0.1) is 0 Å². The largest absolute Gasteiger partial charge is 0.495 e. The smallest absolute Gasteiger partial charge is 0.136 e. The average Bonchev–Trinajstić information content (AvgIpc) is 3.07. The molecular formula is C22H16O2. The van der Waals surface area contributed by atoms with Gasteiger partial charge in [-0.05, 0) is 22.9 Å². The van der Waals surface area contributed by atoms with E-state index in [0.717, 1.165) is 28.0 Å². The summed E-state index contributed by atoms with van der Waals surface area (Å²) in [5, 5.41) is 4.75. The van der Waals surface area contributed by atoms with Crippen molar-refractivity contribution in [3.05, 3.63) is 72.3 Å². The van der Waals surface area contributed by atoms with Crippen LogP contribution in [0.4, 0.5) is 0 Å². The van der Waals surface area contributed by atoms with Crippen LogP contribution in [0.3, 0.4) is 0 Å². The normalized spacial score (nSPS) is 12.5. The zero-order valence-corrected chi connectivity index (χ0v) is 13.4. The van der Waals surface area contributed by atoms with Gasteiger partial charge in [0.2, 0.25) is 0 Å². The first-order valence-electron chi connectivity index (χ1n) is 8.10. The molecule has 0 saturated carbocycles. The Labute approximate surface area is 140 Å². The Morgan fingerprint density at radius 2 is 1.58 bits per heavy atom. The van der Waals surface area contributed by atoms with E-state index in [1.165, 1.54) is 21.7 Å². The van der Waals surface area contributed by atoms with Gasteiger partial charge in [-0.1, -0.05) is 54.6 Å². The highest BCUT2D eigenvalue weighted by atomic mass is 16.5. The molecule has 0 bridgehead atoms. The van der Waals surface area contributed by atoms with E-state index >= 15 is 0 Å². The number of ether oxygens (including phenoxy) is 2. The van der Waals surface area contributed by atoms with E-state index in [9.17, 15) is 0 Å². The second-order valence-corrected chi connectivity index (χ2v) is 6.11. The molecule has 2 heteroatoms. The van der Waals surface area contributed by atoms with E-state index in [-0.39, 0.29) is 0 Å². The van der Waals surface area contributed by atoms with Gasteiger partial charge >= 0.3 is 0 Å². The van der Waals surface area contributed by atoms with E-state index < -0.39 is 0 Å². The topological polar surface area (TPSA) is 18.5 Å². The van der Waals surface area contributed by atoms with E-state index in [0.29, 0.717) is 6.61 Å². The highest BCUT2D eigenvalue weighted by Gasteiger charge is 2.22. The maximum atomic E-state index is 6.06. The molecule has 4 aromatic carbocycles. The summed E-state index contributed by atoms with van der Waals surface area (Å²) >= 11 is 0. The summed E-state index contributed by atoms with van der Waals surface area (Å²) in [7, 11) is 1.73. The second kappa shape index (κ2) is 5.00. The minimum absolute atomic E-state index is 0.638. The number of hydrogen-bond acceptors (Lipinski definition) is 2. The first-order chi connectivity index (χ1) is 11.9. The fourth-order valence-corrected chi connectivity index (χ4v) is 3.73. The van der Waals surface area contributed by atoms with Crippen molar-refractivity contribution >= 4 is 21.5 Å². The van der Waals surface area contributed by atoms with Crippen LogP contribution in [0.25, 0.3) is 32.7 Å². The highest BCUT2D eigenvalue weighted by Crippen LogP contribution is 2.46. The Morgan fingerprint density at radius 1 is 0.792 bits per heavy atom. The monoisotopic (exact) mass is 312 g/mol. The van der Waals surface area contributed by atoms with Gasteiger partial charge in [-0.15, -0.1) is 0 Å². The minimum atomic E-state index is 0.638. The summed E-state index contributed by atoms with van der Waals surface area (Å²) in [4.78, 5) is 0. The average molecular weight is 312 g/mol. The van der Waals surface area contributed by atoms with Crippen LogP contribution in [0.1, 0.15) is 5.56 Å². The van der Waals surface area contributed by atoms with Crippen LogP contribution >= 0.6 is 0 Å². The molecule has 116 valence electrons. The molecule has 2 nitrogen and oxygen atoms in total. The van der Waals surface area contributed by atoms with E-state index in [1.807, 2.05) is 12.1 Å². The van der Waals surface area contributed by atoms with Crippen molar-refractivity contribution in [2.24, 2.45) is 0 Å². The predicted molar refractivity (Wildman–Crippen MR) is 97.8 cm³/mol. The zero-order valence-electron chi connectivity index (χ0n) is 13.4. The first-order valence-corrected chi connectivity index (χ1v) is 8.10. The predicted octanol–water partition coefficient (Wildman–Crippen LogP) is 5.56. The van der Waals surface area contributed by atoms with Crippen LogP contribution < -0.4 is 9.47 Å². The molecule has 0 amide bonds. The van der Waals surface area contributed by atoms with Crippen LogP contribution in [0.2, 0.25) is 0 Å².